The molecule has 1 N–H and O–H groups in total. The van der Waals surface area contributed by atoms with Crippen molar-refractivity contribution in [3.05, 3.63) is 70.5 Å². The average Bonchev–Trinajstić information content (AvgIpc) is 3.03. The van der Waals surface area contributed by atoms with Crippen molar-refractivity contribution in [3.8, 4) is 0 Å². The number of likely N-dealkylation sites (tertiary alicyclic amines) is 1. The fourth-order valence-corrected chi connectivity index (χ4v) is 3.89. The third-order valence-electron chi connectivity index (χ3n) is 5.34. The minimum Gasteiger partial charge on any atom is -0.392 e. The fraction of sp³-hybridized carbons (Fsp3) is 0.455. The Hall–Kier alpha value is -1.75. The van der Waals surface area contributed by atoms with Crippen molar-refractivity contribution in [2.45, 2.75) is 52.0 Å². The molecule has 2 aliphatic heterocycles. The van der Waals surface area contributed by atoms with E-state index >= 15 is 0 Å². The monoisotopic (exact) mass is 357 g/mol. The number of aliphatic hydroxyl groups excluding tert-OH is 1. The quantitative estimate of drug-likeness (QED) is 0.886. The molecule has 2 aromatic rings. The number of halogens is 1. The number of fused-ring (bicyclic) bond motifs is 2. The highest BCUT2D eigenvalue weighted by Gasteiger charge is 2.42. The molecule has 1 saturated heterocycles. The summed E-state index contributed by atoms with van der Waals surface area (Å²) in [7, 11) is 0. The molecule has 4 rings (SSSR count). The number of hydrogen-bond donors (Lipinski definition) is 1. The van der Waals surface area contributed by atoms with E-state index in [0.717, 1.165) is 49.2 Å². The van der Waals surface area contributed by atoms with Gasteiger partial charge in [-0.15, -0.1) is 0 Å². The van der Waals surface area contributed by atoms with Gasteiger partial charge in [0.05, 0.1) is 18.8 Å². The second kappa shape index (κ2) is 8.30. The molecule has 0 saturated carbocycles. The Kier molecular flexibility index (Phi) is 6.07. The van der Waals surface area contributed by atoms with E-state index in [1.165, 1.54) is 11.6 Å². The largest absolute Gasteiger partial charge is 0.392 e. The van der Waals surface area contributed by atoms with E-state index in [2.05, 4.69) is 17.0 Å². The van der Waals surface area contributed by atoms with Gasteiger partial charge in [0.15, 0.2) is 0 Å². The predicted octanol–water partition coefficient (Wildman–Crippen LogP) is 4.37. The highest BCUT2D eigenvalue weighted by atomic mass is 19.1. The van der Waals surface area contributed by atoms with Gasteiger partial charge in [-0.1, -0.05) is 44.2 Å². The zero-order valence-electron chi connectivity index (χ0n) is 15.7. The molecule has 2 heterocycles. The summed E-state index contributed by atoms with van der Waals surface area (Å²) < 4.78 is 19.8. The topological polar surface area (TPSA) is 32.7 Å². The summed E-state index contributed by atoms with van der Waals surface area (Å²) in [5.41, 5.74) is 4.07. The lowest BCUT2D eigenvalue weighted by Crippen LogP contribution is -2.42. The van der Waals surface area contributed by atoms with E-state index < -0.39 is 0 Å². The highest BCUT2D eigenvalue weighted by Crippen LogP contribution is 2.44. The summed E-state index contributed by atoms with van der Waals surface area (Å²) in [5.74, 6) is -0.176. The van der Waals surface area contributed by atoms with Gasteiger partial charge < -0.3 is 9.84 Å². The zero-order valence-corrected chi connectivity index (χ0v) is 15.7. The van der Waals surface area contributed by atoms with Crippen molar-refractivity contribution in [2.75, 3.05) is 13.1 Å². The molecular weight excluding hydrogens is 329 g/mol. The van der Waals surface area contributed by atoms with Crippen molar-refractivity contribution in [3.63, 3.8) is 0 Å². The molecule has 0 atom stereocenters. The van der Waals surface area contributed by atoms with E-state index in [1.807, 2.05) is 32.0 Å². The molecule has 2 aliphatic rings. The lowest BCUT2D eigenvalue weighted by atomic mass is 9.83. The molecule has 0 aliphatic carbocycles. The first-order valence-electron chi connectivity index (χ1n) is 9.52. The van der Waals surface area contributed by atoms with E-state index in [1.54, 1.807) is 6.07 Å². The van der Waals surface area contributed by atoms with Crippen LogP contribution in [0.3, 0.4) is 0 Å². The smallest absolute Gasteiger partial charge is 0.123 e. The second-order valence-corrected chi connectivity index (χ2v) is 6.84. The van der Waals surface area contributed by atoms with Crippen LogP contribution >= 0.6 is 0 Å². The first kappa shape index (κ1) is 19.0. The van der Waals surface area contributed by atoms with Crippen LogP contribution in [0.5, 0.6) is 0 Å². The molecule has 26 heavy (non-hydrogen) atoms. The molecule has 2 aromatic carbocycles. The Morgan fingerprint density at radius 2 is 1.69 bits per heavy atom. The third kappa shape index (κ3) is 3.83. The average molecular weight is 357 g/mol. The number of hydrogen-bond acceptors (Lipinski definition) is 3. The lowest BCUT2D eigenvalue weighted by molar-refractivity contribution is -0.0800. The molecular formula is C22H28FNO2. The molecule has 0 amide bonds. The minimum atomic E-state index is -0.297. The Bertz CT molecular complexity index is 721. The van der Waals surface area contributed by atoms with Gasteiger partial charge in [0.1, 0.15) is 5.82 Å². The van der Waals surface area contributed by atoms with E-state index in [4.69, 9.17) is 9.84 Å². The Labute approximate surface area is 155 Å². The SMILES string of the molecule is CC.OCc1ccc(CN2CCC3(CC2)OCc2ccc(F)cc23)cc1. The van der Waals surface area contributed by atoms with Gasteiger partial charge in [0, 0.05) is 19.6 Å². The van der Waals surface area contributed by atoms with Gasteiger partial charge in [-0.3, -0.25) is 4.90 Å². The summed E-state index contributed by atoms with van der Waals surface area (Å²) in [4.78, 5) is 2.42. The van der Waals surface area contributed by atoms with Crippen LogP contribution in [0, 0.1) is 5.82 Å². The number of nitrogens with zero attached hydrogens (tertiary/aromatic N) is 1. The second-order valence-electron chi connectivity index (χ2n) is 6.84. The summed E-state index contributed by atoms with van der Waals surface area (Å²) in [6.45, 7) is 7.46. The molecule has 1 spiro atoms. The zero-order chi connectivity index (χ0) is 18.6. The van der Waals surface area contributed by atoms with Gasteiger partial charge in [0.25, 0.3) is 0 Å². The van der Waals surface area contributed by atoms with Gasteiger partial charge >= 0.3 is 0 Å². The molecule has 0 bridgehead atoms. The number of rotatable bonds is 3. The first-order valence-corrected chi connectivity index (χ1v) is 9.52. The van der Waals surface area contributed by atoms with Gasteiger partial charge in [-0.2, -0.15) is 0 Å². The van der Waals surface area contributed by atoms with Crippen molar-refractivity contribution >= 4 is 0 Å². The number of aliphatic hydroxyl groups is 1. The van der Waals surface area contributed by atoms with Crippen LogP contribution in [0.2, 0.25) is 0 Å². The standard InChI is InChI=1S/C20H22FNO2.C2H6/c21-18-6-5-17-14-24-20(19(17)11-18)7-9-22(10-8-20)12-15-1-3-16(13-23)4-2-15;1-2/h1-6,11,23H,7-10,12-14H2;1-2H3. The Morgan fingerprint density at radius 1 is 1.04 bits per heavy atom. The molecule has 140 valence electrons. The van der Waals surface area contributed by atoms with Crippen LogP contribution < -0.4 is 0 Å². The number of piperidine rings is 1. The summed E-state index contributed by atoms with van der Waals surface area (Å²) in [6.07, 6.45) is 1.80. The van der Waals surface area contributed by atoms with Crippen molar-refractivity contribution in [1.29, 1.82) is 0 Å². The van der Waals surface area contributed by atoms with Crippen LogP contribution in [0.15, 0.2) is 42.5 Å². The molecule has 0 aromatic heterocycles. The molecule has 0 radical (unpaired) electrons. The predicted molar refractivity (Wildman–Crippen MR) is 101 cm³/mol. The molecule has 4 heteroatoms. The maximum Gasteiger partial charge on any atom is 0.123 e. The van der Waals surface area contributed by atoms with Gasteiger partial charge in [-0.05, 0) is 47.2 Å². The maximum atomic E-state index is 13.6. The summed E-state index contributed by atoms with van der Waals surface area (Å²) in [6, 6.07) is 13.1. The highest BCUT2D eigenvalue weighted by molar-refractivity contribution is 5.36. The third-order valence-corrected chi connectivity index (χ3v) is 5.34. The lowest BCUT2D eigenvalue weighted by Gasteiger charge is -2.39. The Morgan fingerprint density at radius 3 is 2.35 bits per heavy atom. The normalized spacial score (nSPS) is 18.3. The van der Waals surface area contributed by atoms with Gasteiger partial charge in [0.2, 0.25) is 0 Å². The van der Waals surface area contributed by atoms with Crippen molar-refractivity contribution < 1.29 is 14.2 Å². The molecule has 0 unspecified atom stereocenters. The Balaban J connectivity index is 0.000000948. The van der Waals surface area contributed by atoms with Crippen LogP contribution in [0.1, 0.15) is 48.9 Å². The van der Waals surface area contributed by atoms with E-state index in [-0.39, 0.29) is 18.0 Å². The summed E-state index contributed by atoms with van der Waals surface area (Å²) >= 11 is 0. The molecule has 3 nitrogen and oxygen atoms in total. The summed E-state index contributed by atoms with van der Waals surface area (Å²) in [5, 5.41) is 9.12. The van der Waals surface area contributed by atoms with E-state index in [0.29, 0.717) is 6.61 Å². The number of ether oxygens (including phenoxy) is 1. The number of benzene rings is 2. The maximum absolute atomic E-state index is 13.6. The first-order chi connectivity index (χ1) is 12.7. The van der Waals surface area contributed by atoms with Crippen LogP contribution in [-0.4, -0.2) is 23.1 Å². The van der Waals surface area contributed by atoms with Crippen LogP contribution in [-0.2, 0) is 30.1 Å². The van der Waals surface area contributed by atoms with Crippen LogP contribution in [0.4, 0.5) is 4.39 Å². The van der Waals surface area contributed by atoms with Gasteiger partial charge in [-0.25, -0.2) is 4.39 Å². The van der Waals surface area contributed by atoms with Crippen LogP contribution in [0.25, 0.3) is 0 Å². The van der Waals surface area contributed by atoms with Crippen molar-refractivity contribution in [2.24, 2.45) is 0 Å². The van der Waals surface area contributed by atoms with E-state index in [9.17, 15) is 4.39 Å². The minimum absolute atomic E-state index is 0.0832. The van der Waals surface area contributed by atoms with Crippen molar-refractivity contribution in [1.82, 2.24) is 4.90 Å². The molecule has 1 fully saturated rings. The fourth-order valence-electron chi connectivity index (χ4n) is 3.89.